The first kappa shape index (κ1) is 17.6. The molecule has 0 spiro atoms. The minimum atomic E-state index is -0.427. The summed E-state index contributed by atoms with van der Waals surface area (Å²) in [6, 6.07) is 1.39. The molecular weight excluding hydrogens is 276 g/mol. The van der Waals surface area contributed by atoms with Crippen LogP contribution in [0.2, 0.25) is 0 Å². The fourth-order valence-corrected chi connectivity index (χ4v) is 2.24. The molecule has 0 atom stereocenters. The van der Waals surface area contributed by atoms with Crippen molar-refractivity contribution in [2.75, 3.05) is 40.0 Å². The van der Waals surface area contributed by atoms with Gasteiger partial charge in [-0.3, -0.25) is 9.69 Å². The molecule has 1 aromatic rings. The molecule has 0 amide bonds. The Morgan fingerprint density at radius 2 is 1.90 bits per heavy atom. The van der Waals surface area contributed by atoms with Crippen LogP contribution in [0.5, 0.6) is 5.75 Å². The number of aromatic hydroxyl groups is 1. The van der Waals surface area contributed by atoms with Gasteiger partial charge in [-0.25, -0.2) is 0 Å². The Balaban J connectivity index is 3.14. The van der Waals surface area contributed by atoms with Crippen LogP contribution < -0.4 is 5.43 Å². The topological polar surface area (TPSA) is 95.2 Å². The zero-order valence-electron chi connectivity index (χ0n) is 12.6. The van der Waals surface area contributed by atoms with Crippen molar-refractivity contribution in [1.82, 2.24) is 9.47 Å². The highest BCUT2D eigenvalue weighted by Crippen LogP contribution is 2.16. The van der Waals surface area contributed by atoms with Crippen molar-refractivity contribution in [3.8, 4) is 5.75 Å². The normalized spacial score (nSPS) is 11.3. The molecule has 0 fully saturated rings. The summed E-state index contributed by atoms with van der Waals surface area (Å²) < 4.78 is 6.87. The van der Waals surface area contributed by atoms with Crippen LogP contribution in [-0.2, 0) is 17.8 Å². The number of pyridine rings is 1. The summed E-state index contributed by atoms with van der Waals surface area (Å²) in [5.74, 6) is -0.294. The highest BCUT2D eigenvalue weighted by Gasteiger charge is 2.16. The van der Waals surface area contributed by atoms with Crippen molar-refractivity contribution in [3.05, 3.63) is 27.7 Å². The first-order chi connectivity index (χ1) is 10.0. The molecule has 3 N–H and O–H groups in total. The molecule has 1 rings (SSSR count). The van der Waals surface area contributed by atoms with Gasteiger partial charge in [0.2, 0.25) is 5.43 Å². The van der Waals surface area contributed by atoms with Crippen LogP contribution in [0.3, 0.4) is 0 Å². The quantitative estimate of drug-likeness (QED) is 0.558. The minimum absolute atomic E-state index is 0.0606. The Morgan fingerprint density at radius 1 is 1.29 bits per heavy atom. The second kappa shape index (κ2) is 8.78. The van der Waals surface area contributed by atoms with Gasteiger partial charge in [0.1, 0.15) is 0 Å². The van der Waals surface area contributed by atoms with Gasteiger partial charge in [-0.05, 0) is 6.92 Å². The fourth-order valence-electron chi connectivity index (χ4n) is 2.24. The number of aryl methyl sites for hydroxylation is 1. The number of rotatable bonds is 9. The molecule has 0 aromatic carbocycles. The second-order valence-corrected chi connectivity index (χ2v) is 4.81. The lowest BCUT2D eigenvalue weighted by Gasteiger charge is -2.24. The van der Waals surface area contributed by atoms with Gasteiger partial charge in [0, 0.05) is 45.0 Å². The number of hydrogen-bond acceptors (Lipinski definition) is 6. The van der Waals surface area contributed by atoms with Crippen molar-refractivity contribution < 1.29 is 20.1 Å². The smallest absolute Gasteiger partial charge is 0.223 e. The monoisotopic (exact) mass is 300 g/mol. The maximum Gasteiger partial charge on any atom is 0.223 e. The van der Waals surface area contributed by atoms with Crippen LogP contribution in [0.15, 0.2) is 10.9 Å². The van der Waals surface area contributed by atoms with E-state index >= 15 is 0 Å². The Kier molecular flexibility index (Phi) is 7.38. The summed E-state index contributed by atoms with van der Waals surface area (Å²) in [5, 5.41) is 28.2. The molecule has 1 heterocycles. The second-order valence-electron chi connectivity index (χ2n) is 4.81. The van der Waals surface area contributed by atoms with Gasteiger partial charge in [-0.2, -0.15) is 0 Å². The van der Waals surface area contributed by atoms with Crippen molar-refractivity contribution >= 4 is 0 Å². The zero-order valence-corrected chi connectivity index (χ0v) is 12.6. The van der Waals surface area contributed by atoms with E-state index in [4.69, 9.17) is 14.9 Å². The third kappa shape index (κ3) is 4.82. The highest BCUT2D eigenvalue weighted by atomic mass is 16.5. The van der Waals surface area contributed by atoms with E-state index in [1.807, 2.05) is 4.57 Å². The molecule has 0 radical (unpaired) electrons. The molecule has 7 heteroatoms. The van der Waals surface area contributed by atoms with Crippen molar-refractivity contribution in [2.45, 2.75) is 20.0 Å². The van der Waals surface area contributed by atoms with Crippen LogP contribution in [-0.4, -0.2) is 64.8 Å². The summed E-state index contributed by atoms with van der Waals surface area (Å²) in [6.45, 7) is 3.62. The molecule has 0 bridgehead atoms. The largest absolute Gasteiger partial charge is 0.503 e. The number of aliphatic hydroxyl groups excluding tert-OH is 2. The molecule has 120 valence electrons. The van der Waals surface area contributed by atoms with Crippen LogP contribution in [0.4, 0.5) is 0 Å². The predicted molar refractivity (Wildman–Crippen MR) is 78.4 cm³/mol. The van der Waals surface area contributed by atoms with Gasteiger partial charge >= 0.3 is 0 Å². The van der Waals surface area contributed by atoms with E-state index in [2.05, 4.69) is 0 Å². The number of methoxy groups -OCH3 is 1. The van der Waals surface area contributed by atoms with E-state index in [0.717, 1.165) is 5.69 Å². The van der Waals surface area contributed by atoms with E-state index in [9.17, 15) is 9.90 Å². The van der Waals surface area contributed by atoms with Crippen LogP contribution >= 0.6 is 0 Å². The summed E-state index contributed by atoms with van der Waals surface area (Å²) in [7, 11) is 1.58. The lowest BCUT2D eigenvalue weighted by molar-refractivity contribution is 0.149. The van der Waals surface area contributed by atoms with Gasteiger partial charge in [-0.15, -0.1) is 0 Å². The van der Waals surface area contributed by atoms with Crippen LogP contribution in [0.25, 0.3) is 0 Å². The maximum atomic E-state index is 11.8. The third-order valence-corrected chi connectivity index (χ3v) is 3.32. The van der Waals surface area contributed by atoms with Gasteiger partial charge in [0.05, 0.1) is 25.5 Å². The molecule has 0 aliphatic rings. The van der Waals surface area contributed by atoms with E-state index in [0.29, 0.717) is 31.9 Å². The molecule has 0 aliphatic heterocycles. The standard InChI is InChI=1S/C14H24N2O5/c1-11-9-13(19)14(20)12(16(11)5-8-21-2)10-15(3-6-17)4-7-18/h9,17-18,20H,3-8,10H2,1-2H3. The molecular formula is C14H24N2O5. The molecule has 0 saturated carbocycles. The lowest BCUT2D eigenvalue weighted by Crippen LogP contribution is -2.32. The van der Waals surface area contributed by atoms with E-state index in [1.165, 1.54) is 6.07 Å². The van der Waals surface area contributed by atoms with E-state index in [-0.39, 0.29) is 25.5 Å². The number of hydrogen-bond donors (Lipinski definition) is 3. The Bertz CT molecular complexity index is 495. The minimum Gasteiger partial charge on any atom is -0.503 e. The predicted octanol–water partition coefficient (Wildman–Crippen LogP) is -0.705. The molecule has 21 heavy (non-hydrogen) atoms. The first-order valence-electron chi connectivity index (χ1n) is 6.90. The zero-order chi connectivity index (χ0) is 15.8. The highest BCUT2D eigenvalue weighted by molar-refractivity contribution is 5.29. The number of nitrogens with zero attached hydrogens (tertiary/aromatic N) is 2. The number of aromatic nitrogens is 1. The Morgan fingerprint density at radius 3 is 2.43 bits per heavy atom. The average molecular weight is 300 g/mol. The van der Waals surface area contributed by atoms with Gasteiger partial charge in [0.25, 0.3) is 0 Å². The van der Waals surface area contributed by atoms with Crippen molar-refractivity contribution in [2.24, 2.45) is 0 Å². The van der Waals surface area contributed by atoms with Crippen LogP contribution in [0, 0.1) is 6.92 Å². The molecule has 7 nitrogen and oxygen atoms in total. The average Bonchev–Trinajstić information content (AvgIpc) is 2.44. The van der Waals surface area contributed by atoms with E-state index in [1.54, 1.807) is 18.9 Å². The summed E-state index contributed by atoms with van der Waals surface area (Å²) in [5.41, 5.74) is 0.779. The molecule has 0 unspecified atom stereocenters. The molecule has 0 saturated heterocycles. The van der Waals surface area contributed by atoms with Crippen LogP contribution in [0.1, 0.15) is 11.4 Å². The van der Waals surface area contributed by atoms with Gasteiger partial charge in [0.15, 0.2) is 5.75 Å². The fraction of sp³-hybridized carbons (Fsp3) is 0.643. The lowest BCUT2D eigenvalue weighted by atomic mass is 10.2. The maximum absolute atomic E-state index is 11.8. The SMILES string of the molecule is COCCn1c(C)cc(=O)c(O)c1CN(CCO)CCO. The number of aliphatic hydroxyl groups is 2. The van der Waals surface area contributed by atoms with Crippen molar-refractivity contribution in [3.63, 3.8) is 0 Å². The Hall–Kier alpha value is -1.41. The molecule has 1 aromatic heterocycles. The van der Waals surface area contributed by atoms with Gasteiger partial charge < -0.3 is 24.6 Å². The Labute approximate surface area is 124 Å². The summed E-state index contributed by atoms with van der Waals surface area (Å²) >= 11 is 0. The molecule has 0 aliphatic carbocycles. The van der Waals surface area contributed by atoms with Gasteiger partial charge in [-0.1, -0.05) is 0 Å². The number of ether oxygens (including phenoxy) is 1. The third-order valence-electron chi connectivity index (χ3n) is 3.32. The summed E-state index contributed by atoms with van der Waals surface area (Å²) in [6.07, 6.45) is 0. The first-order valence-corrected chi connectivity index (χ1v) is 6.90. The summed E-state index contributed by atoms with van der Waals surface area (Å²) in [4.78, 5) is 13.5. The van der Waals surface area contributed by atoms with E-state index < -0.39 is 5.43 Å². The van der Waals surface area contributed by atoms with Crippen molar-refractivity contribution in [1.29, 1.82) is 0 Å².